The Bertz CT molecular complexity index is 1770. The molecule has 0 saturated carbocycles. The van der Waals surface area contributed by atoms with Crippen molar-refractivity contribution in [2.75, 3.05) is 0 Å². The molecule has 0 saturated heterocycles. The minimum absolute atomic E-state index is 0.0215. The van der Waals surface area contributed by atoms with Gasteiger partial charge in [-0.25, -0.2) is 4.98 Å². The van der Waals surface area contributed by atoms with Crippen LogP contribution in [0, 0.1) is 27.9 Å². The Labute approximate surface area is 233 Å². The lowest BCUT2D eigenvalue weighted by molar-refractivity contribution is -0.384. The van der Waals surface area contributed by atoms with Gasteiger partial charge in [-0.1, -0.05) is 69.4 Å². The van der Waals surface area contributed by atoms with E-state index < -0.39 is 4.92 Å². The van der Waals surface area contributed by atoms with Crippen LogP contribution in [0.3, 0.4) is 0 Å². The van der Waals surface area contributed by atoms with Crippen molar-refractivity contribution >= 4 is 67.3 Å². The number of thiazole rings is 1. The molecule has 0 aliphatic carbocycles. The van der Waals surface area contributed by atoms with Crippen LogP contribution in [0.5, 0.6) is 0 Å². The fourth-order valence-electron chi connectivity index (χ4n) is 4.11. The molecule has 0 amide bonds. The molecule has 2 aromatic heterocycles. The SMILES string of the molecule is Cc1cccc(C)c1-n1c(=S)sc2c(=O)n(-c3ccc(Br)cc3)c(SCc3cccc([N+](=O)[O-])c3)nc21. The summed E-state index contributed by atoms with van der Waals surface area (Å²) >= 11 is 11.8. The topological polar surface area (TPSA) is 83.0 Å². The number of para-hydroxylation sites is 1. The van der Waals surface area contributed by atoms with Crippen LogP contribution in [-0.2, 0) is 5.75 Å². The number of hydrogen-bond acceptors (Lipinski definition) is 7. The van der Waals surface area contributed by atoms with E-state index in [2.05, 4.69) is 15.9 Å². The molecule has 0 aliphatic rings. The predicted octanol–water partition coefficient (Wildman–Crippen LogP) is 7.55. The lowest BCUT2D eigenvalue weighted by Gasteiger charge is -2.15. The van der Waals surface area contributed by atoms with Gasteiger partial charge in [-0.2, -0.15) is 0 Å². The Morgan fingerprint density at radius 3 is 2.41 bits per heavy atom. The zero-order valence-electron chi connectivity index (χ0n) is 19.7. The Balaban J connectivity index is 1.73. The highest BCUT2D eigenvalue weighted by atomic mass is 79.9. The van der Waals surface area contributed by atoms with Gasteiger partial charge in [0.2, 0.25) is 0 Å². The van der Waals surface area contributed by atoms with Crippen molar-refractivity contribution in [2.45, 2.75) is 24.8 Å². The second kappa shape index (κ2) is 10.3. The van der Waals surface area contributed by atoms with E-state index in [0.717, 1.165) is 26.9 Å². The molecular weight excluding hydrogens is 592 g/mol. The van der Waals surface area contributed by atoms with Crippen molar-refractivity contribution in [2.24, 2.45) is 0 Å². The minimum Gasteiger partial charge on any atom is -0.275 e. The second-order valence-electron chi connectivity index (χ2n) is 8.32. The summed E-state index contributed by atoms with van der Waals surface area (Å²) in [4.78, 5) is 29.7. The van der Waals surface area contributed by atoms with Crippen molar-refractivity contribution in [1.82, 2.24) is 14.1 Å². The van der Waals surface area contributed by atoms with Gasteiger partial charge in [-0.15, -0.1) is 0 Å². The van der Waals surface area contributed by atoms with E-state index in [1.54, 1.807) is 10.6 Å². The van der Waals surface area contributed by atoms with Crippen molar-refractivity contribution in [3.63, 3.8) is 0 Å². The van der Waals surface area contributed by atoms with E-state index in [0.29, 0.717) is 30.9 Å². The van der Waals surface area contributed by atoms with Gasteiger partial charge in [0, 0.05) is 22.4 Å². The predicted molar refractivity (Wildman–Crippen MR) is 155 cm³/mol. The van der Waals surface area contributed by atoms with Crippen LogP contribution in [0.4, 0.5) is 5.69 Å². The first kappa shape index (κ1) is 25.5. The highest BCUT2D eigenvalue weighted by Gasteiger charge is 2.21. The van der Waals surface area contributed by atoms with Gasteiger partial charge in [0.15, 0.2) is 14.8 Å². The van der Waals surface area contributed by atoms with Gasteiger partial charge in [-0.05, 0) is 67.0 Å². The van der Waals surface area contributed by atoms with Crippen molar-refractivity contribution in [1.29, 1.82) is 0 Å². The zero-order valence-corrected chi connectivity index (χ0v) is 23.7. The third-order valence-corrected chi connectivity index (χ3v) is 8.70. The molecule has 5 aromatic rings. The summed E-state index contributed by atoms with van der Waals surface area (Å²) in [5.41, 5.74) is 4.72. The molecule has 7 nitrogen and oxygen atoms in total. The first-order chi connectivity index (χ1) is 17.7. The van der Waals surface area contributed by atoms with E-state index in [-0.39, 0.29) is 11.2 Å². The van der Waals surface area contributed by atoms with Crippen LogP contribution in [0.15, 0.2) is 81.2 Å². The Morgan fingerprint density at radius 1 is 1.05 bits per heavy atom. The number of nitro benzene ring substituents is 1. The summed E-state index contributed by atoms with van der Waals surface area (Å²) in [6, 6.07) is 19.9. The van der Waals surface area contributed by atoms with E-state index in [9.17, 15) is 14.9 Å². The van der Waals surface area contributed by atoms with Crippen molar-refractivity contribution in [3.05, 3.63) is 112 Å². The van der Waals surface area contributed by atoms with E-state index in [1.807, 2.05) is 66.9 Å². The lowest BCUT2D eigenvalue weighted by Crippen LogP contribution is -2.21. The quantitative estimate of drug-likeness (QED) is 0.0649. The van der Waals surface area contributed by atoms with Gasteiger partial charge >= 0.3 is 0 Å². The molecule has 0 fully saturated rings. The molecule has 0 aliphatic heterocycles. The third-order valence-electron chi connectivity index (χ3n) is 5.81. The van der Waals surface area contributed by atoms with Gasteiger partial charge in [0.25, 0.3) is 11.2 Å². The van der Waals surface area contributed by atoms with E-state index >= 15 is 0 Å². The third kappa shape index (κ3) is 4.91. The molecule has 11 heteroatoms. The molecule has 0 atom stereocenters. The second-order valence-corrected chi connectivity index (χ2v) is 11.8. The summed E-state index contributed by atoms with van der Waals surface area (Å²) in [5, 5.41) is 11.7. The number of benzene rings is 3. The minimum atomic E-state index is -0.417. The summed E-state index contributed by atoms with van der Waals surface area (Å²) in [6.07, 6.45) is 0. The molecule has 2 heterocycles. The number of aromatic nitrogens is 3. The maximum absolute atomic E-state index is 13.9. The molecule has 0 spiro atoms. The largest absolute Gasteiger partial charge is 0.278 e. The normalized spacial score (nSPS) is 11.2. The fourth-order valence-corrected chi connectivity index (χ4v) is 6.60. The van der Waals surface area contributed by atoms with E-state index in [4.69, 9.17) is 17.2 Å². The number of rotatable bonds is 6. The Kier molecular flexibility index (Phi) is 7.13. The first-order valence-electron chi connectivity index (χ1n) is 11.1. The number of aryl methyl sites for hydroxylation is 2. The maximum atomic E-state index is 13.9. The molecular formula is C26H19BrN4O3S3. The standard InChI is InChI=1S/C26H19BrN4O3S3/c1-15-5-3-6-16(2)21(15)30-23-22(37-26(30)35)24(32)29(19-11-9-18(27)10-12-19)25(28-23)36-14-17-7-4-8-20(13-17)31(33)34/h3-13H,14H2,1-2H3. The van der Waals surface area contributed by atoms with Gasteiger partial charge < -0.3 is 0 Å². The molecule has 0 N–H and O–H groups in total. The van der Waals surface area contributed by atoms with Crippen LogP contribution < -0.4 is 5.56 Å². The number of fused-ring (bicyclic) bond motifs is 1. The smallest absolute Gasteiger partial charge is 0.275 e. The molecule has 5 rings (SSSR count). The molecule has 0 bridgehead atoms. The Hall–Kier alpha value is -3.12. The lowest BCUT2D eigenvalue weighted by atomic mass is 10.1. The highest BCUT2D eigenvalue weighted by Crippen LogP contribution is 2.31. The maximum Gasteiger partial charge on any atom is 0.278 e. The van der Waals surface area contributed by atoms with E-state index in [1.165, 1.54) is 35.2 Å². The Morgan fingerprint density at radius 2 is 1.73 bits per heavy atom. The number of thioether (sulfide) groups is 1. The van der Waals surface area contributed by atoms with Gasteiger partial charge in [0.05, 0.1) is 16.3 Å². The average Bonchev–Trinajstić information content (AvgIpc) is 3.20. The molecule has 0 radical (unpaired) electrons. The van der Waals surface area contributed by atoms with Gasteiger partial charge in [-0.3, -0.25) is 24.0 Å². The van der Waals surface area contributed by atoms with Gasteiger partial charge in [0.1, 0.15) is 4.70 Å². The van der Waals surface area contributed by atoms with Crippen LogP contribution >= 0.6 is 51.2 Å². The van der Waals surface area contributed by atoms with Crippen molar-refractivity contribution < 1.29 is 4.92 Å². The monoisotopic (exact) mass is 610 g/mol. The zero-order chi connectivity index (χ0) is 26.3. The number of hydrogen-bond donors (Lipinski definition) is 0. The fraction of sp³-hybridized carbons (Fsp3) is 0.115. The van der Waals surface area contributed by atoms with Crippen LogP contribution in [0.1, 0.15) is 16.7 Å². The number of nitro groups is 1. The summed E-state index contributed by atoms with van der Waals surface area (Å²) in [6.45, 7) is 4.02. The highest BCUT2D eigenvalue weighted by molar-refractivity contribution is 9.10. The molecule has 37 heavy (non-hydrogen) atoms. The molecule has 186 valence electrons. The molecule has 0 unspecified atom stereocenters. The van der Waals surface area contributed by atoms with Crippen LogP contribution in [0.2, 0.25) is 0 Å². The summed E-state index contributed by atoms with van der Waals surface area (Å²) < 4.78 is 5.36. The summed E-state index contributed by atoms with van der Waals surface area (Å²) in [7, 11) is 0. The first-order valence-corrected chi connectivity index (χ1v) is 14.1. The van der Waals surface area contributed by atoms with Crippen LogP contribution in [0.25, 0.3) is 21.7 Å². The number of non-ortho nitro benzene ring substituents is 1. The van der Waals surface area contributed by atoms with Crippen LogP contribution in [-0.4, -0.2) is 19.0 Å². The number of halogens is 1. The summed E-state index contributed by atoms with van der Waals surface area (Å²) in [5.74, 6) is 0.393. The number of nitrogens with zero attached hydrogens (tertiary/aromatic N) is 4. The van der Waals surface area contributed by atoms with Crippen molar-refractivity contribution in [3.8, 4) is 11.4 Å². The molecule has 3 aromatic carbocycles. The average molecular weight is 612 g/mol.